The van der Waals surface area contributed by atoms with Crippen molar-refractivity contribution < 1.29 is 23.4 Å². The molecule has 144 valence electrons. The van der Waals surface area contributed by atoms with Crippen molar-refractivity contribution in [2.75, 3.05) is 11.9 Å². The number of aliphatic hydroxyl groups excluding tert-OH is 1. The van der Waals surface area contributed by atoms with Gasteiger partial charge in [0.05, 0.1) is 17.0 Å². The average molecular weight is 395 g/mol. The van der Waals surface area contributed by atoms with Gasteiger partial charge in [-0.3, -0.25) is 9.52 Å². The second kappa shape index (κ2) is 7.14. The number of aryl methyl sites for hydroxylation is 1. The number of hydrogen-bond acceptors (Lipinski definition) is 5. The van der Waals surface area contributed by atoms with E-state index in [4.69, 9.17) is 4.74 Å². The number of aromatic nitrogens is 1. The van der Waals surface area contributed by atoms with Gasteiger partial charge in [0, 0.05) is 25.0 Å². The first-order valence-electron chi connectivity index (χ1n) is 8.63. The van der Waals surface area contributed by atoms with Gasteiger partial charge in [-0.1, -0.05) is 0 Å². The maximum Gasteiger partial charge on any atom is 0.276 e. The summed E-state index contributed by atoms with van der Waals surface area (Å²) in [6, 6.07) is 2.93. The second-order valence-electron chi connectivity index (χ2n) is 6.83. The molecule has 3 N–H and O–H groups in total. The van der Waals surface area contributed by atoms with Crippen LogP contribution in [-0.2, 0) is 7.05 Å². The highest BCUT2D eigenvalue weighted by Gasteiger charge is 2.37. The highest BCUT2D eigenvalue weighted by Crippen LogP contribution is 2.39. The number of nitrogens with zero attached hydrogens (tertiary/aromatic N) is 1. The summed E-state index contributed by atoms with van der Waals surface area (Å²) in [6.45, 7) is 0.229. The number of ether oxygens (including phenoxy) is 1. The molecule has 2 aromatic rings. The molecule has 0 saturated heterocycles. The highest BCUT2D eigenvalue weighted by atomic mass is 32.2. The third kappa shape index (κ3) is 3.67. The topological polar surface area (TPSA) is 75.5 Å². The van der Waals surface area contributed by atoms with E-state index >= 15 is 0 Å². The van der Waals surface area contributed by atoms with Crippen LogP contribution in [0.15, 0.2) is 29.3 Å². The molecule has 6 nitrogen and oxygen atoms in total. The lowest BCUT2D eigenvalue weighted by Gasteiger charge is -2.21. The van der Waals surface area contributed by atoms with Gasteiger partial charge in [-0.2, -0.15) is 0 Å². The summed E-state index contributed by atoms with van der Waals surface area (Å²) >= 11 is 1.31. The van der Waals surface area contributed by atoms with Gasteiger partial charge in [-0.25, -0.2) is 8.78 Å². The Morgan fingerprint density at radius 1 is 1.41 bits per heavy atom. The molecule has 1 amide bonds. The van der Waals surface area contributed by atoms with Crippen LogP contribution in [0.4, 0.5) is 14.5 Å². The van der Waals surface area contributed by atoms with E-state index in [1.54, 1.807) is 17.8 Å². The first-order chi connectivity index (χ1) is 12.9. The lowest BCUT2D eigenvalue weighted by Crippen LogP contribution is -2.41. The molecule has 9 heteroatoms. The fourth-order valence-electron chi connectivity index (χ4n) is 3.10. The van der Waals surface area contributed by atoms with Crippen LogP contribution < -0.4 is 14.8 Å². The Bertz CT molecular complexity index is 885. The lowest BCUT2D eigenvalue weighted by molar-refractivity contribution is 0.0906. The molecule has 0 bridgehead atoms. The van der Waals surface area contributed by atoms with E-state index in [1.165, 1.54) is 18.0 Å². The van der Waals surface area contributed by atoms with Crippen molar-refractivity contribution in [1.82, 2.24) is 9.29 Å². The molecule has 1 fully saturated rings. The molecule has 1 aromatic carbocycles. The second-order valence-corrected chi connectivity index (χ2v) is 7.71. The predicted molar refractivity (Wildman–Crippen MR) is 96.7 cm³/mol. The Labute approximate surface area is 159 Å². The fraction of sp³-hybridized carbons (Fsp3) is 0.389. The average Bonchev–Trinajstić information content (AvgIpc) is 3.44. The molecule has 1 aliphatic heterocycles. The number of anilines is 1. The van der Waals surface area contributed by atoms with Gasteiger partial charge in [0.2, 0.25) is 0 Å². The summed E-state index contributed by atoms with van der Waals surface area (Å²) in [5.74, 6) is -1.81. The zero-order valence-electron chi connectivity index (χ0n) is 14.5. The zero-order chi connectivity index (χ0) is 19.1. The monoisotopic (exact) mass is 395 g/mol. The van der Waals surface area contributed by atoms with Crippen LogP contribution in [0.2, 0.25) is 0 Å². The summed E-state index contributed by atoms with van der Waals surface area (Å²) in [6.07, 6.45) is 3.29. The highest BCUT2D eigenvalue weighted by molar-refractivity contribution is 7.97. The number of carbonyl (C=O) groups excluding carboxylic acids is 1. The first-order valence-corrected chi connectivity index (χ1v) is 9.44. The van der Waals surface area contributed by atoms with E-state index in [9.17, 15) is 18.7 Å². The summed E-state index contributed by atoms with van der Waals surface area (Å²) in [4.78, 5) is 13.4. The van der Waals surface area contributed by atoms with Gasteiger partial charge >= 0.3 is 0 Å². The minimum Gasteiger partial charge on any atom is -0.488 e. The van der Waals surface area contributed by atoms with Crippen LogP contribution in [0.1, 0.15) is 23.3 Å². The maximum atomic E-state index is 13.4. The van der Waals surface area contributed by atoms with E-state index in [0.717, 1.165) is 29.9 Å². The Morgan fingerprint density at radius 3 is 2.89 bits per heavy atom. The number of hydrogen-bond donors (Lipinski definition) is 3. The number of aliphatic hydroxyl groups is 1. The van der Waals surface area contributed by atoms with Crippen molar-refractivity contribution >= 4 is 23.5 Å². The third-order valence-corrected chi connectivity index (χ3v) is 5.67. The van der Waals surface area contributed by atoms with Gasteiger partial charge in [0.25, 0.3) is 5.91 Å². The first kappa shape index (κ1) is 18.3. The van der Waals surface area contributed by atoms with Crippen LogP contribution in [0.5, 0.6) is 5.75 Å². The summed E-state index contributed by atoms with van der Waals surface area (Å²) in [5, 5.41) is 12.9. The standard InChI is InChI=1S/C18H19F2N3O3S/c1-23-7-14-17(26-8-13(22-27-14)16(24)9-2-3-9)15(23)18(25)21-10-4-5-11(19)12(20)6-10/h4-7,9,13,16,22,24H,2-3,8H2,1H3,(H,21,25). The number of halogens is 2. The van der Waals surface area contributed by atoms with Gasteiger partial charge in [0.1, 0.15) is 6.61 Å². The smallest absolute Gasteiger partial charge is 0.276 e. The van der Waals surface area contributed by atoms with E-state index in [0.29, 0.717) is 11.7 Å². The molecule has 1 aliphatic carbocycles. The van der Waals surface area contributed by atoms with Crippen LogP contribution in [0.3, 0.4) is 0 Å². The minimum absolute atomic E-state index is 0.148. The van der Waals surface area contributed by atoms with Crippen molar-refractivity contribution in [2.24, 2.45) is 13.0 Å². The predicted octanol–water partition coefficient (Wildman–Crippen LogP) is 2.68. The Hall–Kier alpha value is -2.10. The molecular formula is C18H19F2N3O3S. The molecule has 2 heterocycles. The van der Waals surface area contributed by atoms with Crippen molar-refractivity contribution in [3.63, 3.8) is 0 Å². The van der Waals surface area contributed by atoms with Crippen LogP contribution >= 0.6 is 11.9 Å². The summed E-state index contributed by atoms with van der Waals surface area (Å²) < 4.78 is 37.1. The molecule has 2 atom stereocenters. The zero-order valence-corrected chi connectivity index (χ0v) is 15.4. The van der Waals surface area contributed by atoms with Crippen LogP contribution in [0.25, 0.3) is 0 Å². The van der Waals surface area contributed by atoms with Crippen molar-refractivity contribution in [3.05, 3.63) is 41.7 Å². The van der Waals surface area contributed by atoms with Gasteiger partial charge in [0.15, 0.2) is 23.1 Å². The number of rotatable bonds is 4. The molecule has 27 heavy (non-hydrogen) atoms. The van der Waals surface area contributed by atoms with Gasteiger partial charge in [-0.15, -0.1) is 0 Å². The number of amides is 1. The van der Waals surface area contributed by atoms with Crippen molar-refractivity contribution in [2.45, 2.75) is 29.9 Å². The van der Waals surface area contributed by atoms with E-state index in [1.807, 2.05) is 0 Å². The summed E-state index contributed by atoms with van der Waals surface area (Å²) in [7, 11) is 1.70. The SMILES string of the molecule is Cn1cc2c(c1C(=O)Nc1ccc(F)c(F)c1)OCC(C(O)C1CC1)NS2. The van der Waals surface area contributed by atoms with E-state index in [-0.39, 0.29) is 24.0 Å². The van der Waals surface area contributed by atoms with E-state index in [2.05, 4.69) is 10.0 Å². The normalized spacial score (nSPS) is 20.4. The van der Waals surface area contributed by atoms with Crippen molar-refractivity contribution in [1.29, 1.82) is 0 Å². The molecule has 0 radical (unpaired) electrons. The van der Waals surface area contributed by atoms with E-state index < -0.39 is 23.6 Å². The largest absolute Gasteiger partial charge is 0.488 e. The number of fused-ring (bicyclic) bond motifs is 1. The summed E-state index contributed by atoms with van der Waals surface area (Å²) in [5.41, 5.74) is 0.417. The van der Waals surface area contributed by atoms with Gasteiger partial charge < -0.3 is 19.7 Å². The number of carbonyl (C=O) groups is 1. The van der Waals surface area contributed by atoms with Crippen molar-refractivity contribution in [3.8, 4) is 5.75 Å². The molecule has 0 spiro atoms. The maximum absolute atomic E-state index is 13.4. The molecular weight excluding hydrogens is 376 g/mol. The Kier molecular flexibility index (Phi) is 4.83. The molecule has 2 aliphatic rings. The van der Waals surface area contributed by atoms with Crippen LogP contribution in [0, 0.1) is 17.6 Å². The minimum atomic E-state index is -1.04. The molecule has 4 rings (SSSR count). The third-order valence-electron chi connectivity index (χ3n) is 4.74. The lowest BCUT2D eigenvalue weighted by atomic mass is 10.1. The fourth-order valence-corrected chi connectivity index (χ4v) is 4.04. The number of nitrogens with one attached hydrogen (secondary N) is 2. The number of benzene rings is 1. The Morgan fingerprint density at radius 2 is 2.19 bits per heavy atom. The molecule has 1 aromatic heterocycles. The van der Waals surface area contributed by atoms with Crippen LogP contribution in [-0.4, -0.2) is 34.3 Å². The Balaban J connectivity index is 1.53. The quantitative estimate of drug-likeness (QED) is 0.694. The molecule has 2 unspecified atom stereocenters. The molecule has 1 saturated carbocycles. The van der Waals surface area contributed by atoms with Gasteiger partial charge in [-0.05, 0) is 42.8 Å².